The number of aromatic nitrogens is 4. The number of allylic oxidation sites excluding steroid dienone is 10. The molecule has 8 bridgehead atoms. The topological polar surface area (TPSA) is 57.4 Å². The Morgan fingerprint density at radius 2 is 0.750 bits per heavy atom. The van der Waals surface area contributed by atoms with Crippen molar-refractivity contribution in [1.82, 2.24) is 19.9 Å². The van der Waals surface area contributed by atoms with Crippen molar-refractivity contribution in [2.45, 2.75) is 51.4 Å². The summed E-state index contributed by atoms with van der Waals surface area (Å²) in [4.78, 5) is 18.3. The number of H-pyrrole nitrogens is 2. The molecule has 3 aromatic rings. The number of fused-ring (bicyclic) bond motifs is 8. The zero-order valence-corrected chi connectivity index (χ0v) is 28.1. The summed E-state index contributed by atoms with van der Waals surface area (Å²) in [6.45, 7) is 33.1. The Hall–Kier alpha value is -5.48. The van der Waals surface area contributed by atoms with Gasteiger partial charge in [0.25, 0.3) is 0 Å². The van der Waals surface area contributed by atoms with Crippen molar-refractivity contribution in [2.75, 3.05) is 0 Å². The Labute approximate surface area is 285 Å². The fourth-order valence-electron chi connectivity index (χ4n) is 6.99. The minimum absolute atomic E-state index is 0.619. The van der Waals surface area contributed by atoms with Crippen LogP contribution in [0.15, 0.2) is 113 Å². The van der Waals surface area contributed by atoms with Gasteiger partial charge in [-0.25, -0.2) is 9.97 Å². The first-order chi connectivity index (χ1) is 23.5. The summed E-state index contributed by atoms with van der Waals surface area (Å²) >= 11 is 0. The summed E-state index contributed by atoms with van der Waals surface area (Å²) in [6.07, 6.45) is 25.1. The number of aromatic amines is 2. The first kappa shape index (κ1) is 33.9. The Bertz CT molecular complexity index is 1930. The zero-order valence-electron chi connectivity index (χ0n) is 28.1. The molecule has 5 heterocycles. The Morgan fingerprint density at radius 3 is 1.10 bits per heavy atom. The average Bonchev–Trinajstić information content (AvgIpc) is 3.83. The van der Waals surface area contributed by atoms with Gasteiger partial charge in [0.05, 0.1) is 22.8 Å². The molecule has 0 unspecified atom stereocenters. The van der Waals surface area contributed by atoms with Gasteiger partial charge in [0.1, 0.15) is 0 Å². The number of hydrogen-bond donors (Lipinski definition) is 2. The van der Waals surface area contributed by atoms with Crippen LogP contribution in [0.25, 0.3) is 45.4 Å². The molecule has 0 radical (unpaired) electrons. The van der Waals surface area contributed by atoms with Crippen molar-refractivity contribution >= 4 is 45.4 Å². The summed E-state index contributed by atoms with van der Waals surface area (Å²) in [7, 11) is 0. The fourth-order valence-corrected chi connectivity index (χ4v) is 6.99. The standard InChI is InChI=1S/C44H46N4/c1-9-17-31-33(19-11-3)41-37(23-15-7)43-35(21-13-5)36(22-14-6)44(48-43)38(24-16-8)42-34(20-12-4)32(18-10-2)40(47-42)28-30-26-25-29(45-30)27-39(31)46-41/h9-16,25-28,46-47H,1-8,17-24H2. The van der Waals surface area contributed by atoms with E-state index < -0.39 is 0 Å². The second-order valence-corrected chi connectivity index (χ2v) is 12.0. The normalized spacial score (nSPS) is 12.1. The lowest BCUT2D eigenvalue weighted by Crippen LogP contribution is -1.96. The van der Waals surface area contributed by atoms with E-state index in [9.17, 15) is 0 Å². The van der Waals surface area contributed by atoms with Gasteiger partial charge in [0.15, 0.2) is 0 Å². The fraction of sp³-hybridized carbons (Fsp3) is 0.182. The molecule has 0 spiro atoms. The monoisotopic (exact) mass is 630 g/mol. The molecule has 0 fully saturated rings. The second-order valence-electron chi connectivity index (χ2n) is 12.0. The van der Waals surface area contributed by atoms with Crippen LogP contribution in [0.2, 0.25) is 0 Å². The van der Waals surface area contributed by atoms with E-state index in [1.54, 1.807) is 0 Å². The van der Waals surface area contributed by atoms with Gasteiger partial charge in [0, 0.05) is 33.2 Å². The molecule has 5 rings (SSSR count). The number of hydrogen-bond acceptors (Lipinski definition) is 2. The van der Waals surface area contributed by atoms with Gasteiger partial charge in [-0.2, -0.15) is 0 Å². The van der Waals surface area contributed by atoms with Crippen LogP contribution in [0.1, 0.15) is 69.0 Å². The van der Waals surface area contributed by atoms with E-state index in [1.165, 1.54) is 22.3 Å². The molecule has 0 amide bonds. The highest BCUT2D eigenvalue weighted by Crippen LogP contribution is 2.41. The highest BCUT2D eigenvalue weighted by molar-refractivity contribution is 5.98. The van der Waals surface area contributed by atoms with E-state index in [2.05, 4.69) is 86.9 Å². The largest absolute Gasteiger partial charge is 0.355 e. The minimum atomic E-state index is 0.619. The lowest BCUT2D eigenvalue weighted by Gasteiger charge is -2.10. The molecule has 0 atom stereocenters. The van der Waals surface area contributed by atoms with E-state index in [-0.39, 0.29) is 0 Å². The quantitative estimate of drug-likeness (QED) is 0.121. The predicted octanol–water partition coefficient (Wildman–Crippen LogP) is 10.9. The van der Waals surface area contributed by atoms with E-state index in [0.717, 1.165) is 67.1 Å². The molecule has 0 aromatic carbocycles. The third kappa shape index (κ3) is 6.39. The number of nitrogens with one attached hydrogen (secondary N) is 2. The maximum Gasteiger partial charge on any atom is 0.0731 e. The molecule has 0 aliphatic carbocycles. The average molecular weight is 631 g/mol. The van der Waals surface area contributed by atoms with Gasteiger partial charge in [-0.3, -0.25) is 0 Å². The molecular formula is C44H46N4. The molecule has 48 heavy (non-hydrogen) atoms. The van der Waals surface area contributed by atoms with Crippen molar-refractivity contribution in [3.63, 3.8) is 0 Å². The van der Waals surface area contributed by atoms with E-state index in [1.807, 2.05) is 48.6 Å². The number of rotatable bonds is 16. The highest BCUT2D eigenvalue weighted by Gasteiger charge is 2.26. The second kappa shape index (κ2) is 15.4. The van der Waals surface area contributed by atoms with Gasteiger partial charge < -0.3 is 9.97 Å². The van der Waals surface area contributed by atoms with Gasteiger partial charge in [0.2, 0.25) is 0 Å². The molecule has 0 saturated heterocycles. The van der Waals surface area contributed by atoms with Gasteiger partial charge in [-0.15, -0.1) is 52.6 Å². The smallest absolute Gasteiger partial charge is 0.0731 e. The SMILES string of the molecule is C=CCC1=C(CC=C)c2nc1c(CC=C)c1[nH]c(cc3nc(cc4[nH]c(c2CC=C)c(CC=C)c4CC=C)C=C3)c(CC=C)c1CC=C. The van der Waals surface area contributed by atoms with Crippen LogP contribution in [0.3, 0.4) is 0 Å². The van der Waals surface area contributed by atoms with Gasteiger partial charge in [-0.05, 0) is 109 Å². The van der Waals surface area contributed by atoms with Crippen LogP contribution in [0.5, 0.6) is 0 Å². The Balaban J connectivity index is 2.17. The van der Waals surface area contributed by atoms with Crippen molar-refractivity contribution in [3.8, 4) is 0 Å². The van der Waals surface area contributed by atoms with Crippen LogP contribution in [0.4, 0.5) is 0 Å². The maximum absolute atomic E-state index is 5.58. The molecule has 2 N–H and O–H groups in total. The Kier molecular flexibility index (Phi) is 10.9. The van der Waals surface area contributed by atoms with Gasteiger partial charge >= 0.3 is 0 Å². The van der Waals surface area contributed by atoms with Crippen molar-refractivity contribution in [2.24, 2.45) is 0 Å². The first-order valence-electron chi connectivity index (χ1n) is 16.6. The van der Waals surface area contributed by atoms with E-state index in [4.69, 9.17) is 9.97 Å². The summed E-state index contributed by atoms with van der Waals surface area (Å²) in [6, 6.07) is 4.26. The molecule has 2 aliphatic heterocycles. The van der Waals surface area contributed by atoms with E-state index >= 15 is 0 Å². The Morgan fingerprint density at radius 1 is 0.417 bits per heavy atom. The van der Waals surface area contributed by atoms with Crippen LogP contribution >= 0.6 is 0 Å². The van der Waals surface area contributed by atoms with Crippen molar-refractivity contribution < 1.29 is 0 Å². The molecule has 2 aliphatic rings. The lowest BCUT2D eigenvalue weighted by atomic mass is 9.92. The zero-order chi connectivity index (χ0) is 34.2. The third-order valence-corrected chi connectivity index (χ3v) is 8.89. The summed E-state index contributed by atoms with van der Waals surface area (Å²) in [5.41, 5.74) is 16.9. The number of nitrogens with zero attached hydrogens (tertiary/aromatic N) is 2. The van der Waals surface area contributed by atoms with Crippen LogP contribution in [-0.4, -0.2) is 19.9 Å². The molecule has 4 nitrogen and oxygen atoms in total. The molecule has 242 valence electrons. The van der Waals surface area contributed by atoms with Gasteiger partial charge in [-0.1, -0.05) is 48.6 Å². The lowest BCUT2D eigenvalue weighted by molar-refractivity contribution is 1.13. The van der Waals surface area contributed by atoms with Crippen LogP contribution in [-0.2, 0) is 38.5 Å². The summed E-state index contributed by atoms with van der Waals surface area (Å²) < 4.78 is 0. The molecule has 4 heteroatoms. The van der Waals surface area contributed by atoms with Crippen LogP contribution < -0.4 is 0 Å². The summed E-state index contributed by atoms with van der Waals surface area (Å²) in [5, 5.41) is 0. The maximum atomic E-state index is 5.58. The first-order valence-corrected chi connectivity index (χ1v) is 16.6. The van der Waals surface area contributed by atoms with Crippen molar-refractivity contribution in [1.29, 1.82) is 0 Å². The molecular weight excluding hydrogens is 585 g/mol. The summed E-state index contributed by atoms with van der Waals surface area (Å²) in [5.74, 6) is 0. The third-order valence-electron chi connectivity index (χ3n) is 8.89. The predicted molar refractivity (Wildman–Crippen MR) is 210 cm³/mol. The molecule has 0 saturated carbocycles. The van der Waals surface area contributed by atoms with E-state index in [0.29, 0.717) is 51.4 Å². The van der Waals surface area contributed by atoms with Crippen molar-refractivity contribution in [3.05, 3.63) is 170 Å². The highest BCUT2D eigenvalue weighted by atomic mass is 14.8. The minimum Gasteiger partial charge on any atom is -0.355 e. The molecule has 3 aromatic heterocycles. The van der Waals surface area contributed by atoms with Crippen LogP contribution in [0, 0.1) is 0 Å².